The summed E-state index contributed by atoms with van der Waals surface area (Å²) in [6.07, 6.45) is -0.432. The molecule has 1 aliphatic carbocycles. The predicted octanol–water partition coefficient (Wildman–Crippen LogP) is 3.78. The summed E-state index contributed by atoms with van der Waals surface area (Å²) in [7, 11) is 0. The number of esters is 1. The minimum atomic E-state index is -1.17. The minimum Gasteiger partial charge on any atom is -0.447 e. The fourth-order valence-electron chi connectivity index (χ4n) is 2.85. The van der Waals surface area contributed by atoms with Gasteiger partial charge in [0.05, 0.1) is 10.8 Å². The van der Waals surface area contributed by atoms with Crippen molar-refractivity contribution in [1.29, 1.82) is 0 Å². The molecule has 140 valence electrons. The van der Waals surface area contributed by atoms with E-state index in [-0.39, 0.29) is 23.2 Å². The summed E-state index contributed by atoms with van der Waals surface area (Å²) in [6.45, 7) is 3.67. The fourth-order valence-corrected chi connectivity index (χ4v) is 2.85. The lowest BCUT2D eigenvalue weighted by atomic mass is 10.1. The zero-order valence-corrected chi connectivity index (χ0v) is 15.0. The van der Waals surface area contributed by atoms with Crippen LogP contribution < -0.4 is 5.32 Å². The van der Waals surface area contributed by atoms with Crippen LogP contribution in [0.4, 0.5) is 11.4 Å². The maximum atomic E-state index is 12.8. The Morgan fingerprint density at radius 1 is 1.22 bits per heavy atom. The van der Waals surface area contributed by atoms with Gasteiger partial charge in [-0.2, -0.15) is 0 Å². The van der Waals surface area contributed by atoms with Crippen LogP contribution in [-0.4, -0.2) is 16.8 Å². The van der Waals surface area contributed by atoms with E-state index in [2.05, 4.69) is 5.32 Å². The van der Waals surface area contributed by atoms with Gasteiger partial charge in [0, 0.05) is 11.6 Å². The average Bonchev–Trinajstić information content (AvgIpc) is 3.38. The molecular formula is C20H20N2O5. The van der Waals surface area contributed by atoms with E-state index in [1.54, 1.807) is 43.3 Å². The van der Waals surface area contributed by atoms with Crippen LogP contribution in [0.3, 0.4) is 0 Å². The topological polar surface area (TPSA) is 98.5 Å². The Kier molecular flexibility index (Phi) is 5.21. The number of hydrogen-bond donors (Lipinski definition) is 1. The smallest absolute Gasteiger partial charge is 0.310 e. The highest BCUT2D eigenvalue weighted by molar-refractivity contribution is 5.98. The molecule has 0 heterocycles. The molecule has 0 aromatic heterocycles. The molecule has 7 nitrogen and oxygen atoms in total. The Balaban J connectivity index is 1.85. The van der Waals surface area contributed by atoms with Gasteiger partial charge in [-0.1, -0.05) is 43.3 Å². The molecule has 1 fully saturated rings. The molecule has 0 unspecified atom stereocenters. The van der Waals surface area contributed by atoms with Gasteiger partial charge >= 0.3 is 5.97 Å². The van der Waals surface area contributed by atoms with E-state index in [4.69, 9.17) is 4.74 Å². The number of nitrogens with zero attached hydrogens (tertiary/aromatic N) is 1. The lowest BCUT2D eigenvalue weighted by Gasteiger charge is -2.18. The van der Waals surface area contributed by atoms with Gasteiger partial charge in [0.1, 0.15) is 5.69 Å². The van der Waals surface area contributed by atoms with Crippen molar-refractivity contribution in [3.05, 3.63) is 69.8 Å². The molecule has 3 atom stereocenters. The molecule has 7 heteroatoms. The van der Waals surface area contributed by atoms with Crippen LogP contribution in [0.25, 0.3) is 0 Å². The first-order valence-electron chi connectivity index (χ1n) is 8.68. The SMILES string of the molecule is Cc1ccc(NC(=O)[C@H](OC(=O)[C@@H]2C[C@H]2C)c2ccccc2)c([N+](=O)[O-])c1. The quantitative estimate of drug-likeness (QED) is 0.475. The molecule has 1 aliphatic rings. The average molecular weight is 368 g/mol. The second kappa shape index (κ2) is 7.57. The summed E-state index contributed by atoms with van der Waals surface area (Å²) in [5.41, 5.74) is 1.06. The number of aryl methyl sites for hydroxylation is 1. The molecule has 2 aromatic rings. The molecule has 0 aliphatic heterocycles. The third kappa shape index (κ3) is 4.31. The van der Waals surface area contributed by atoms with E-state index in [9.17, 15) is 19.7 Å². The van der Waals surface area contributed by atoms with Crippen LogP contribution in [0.5, 0.6) is 0 Å². The van der Waals surface area contributed by atoms with Crippen molar-refractivity contribution in [2.45, 2.75) is 26.4 Å². The van der Waals surface area contributed by atoms with Gasteiger partial charge in [0.15, 0.2) is 0 Å². The van der Waals surface area contributed by atoms with Crippen molar-refractivity contribution < 1.29 is 19.2 Å². The van der Waals surface area contributed by atoms with Gasteiger partial charge in [-0.25, -0.2) is 0 Å². The maximum absolute atomic E-state index is 12.8. The zero-order valence-electron chi connectivity index (χ0n) is 15.0. The molecular weight excluding hydrogens is 348 g/mol. The predicted molar refractivity (Wildman–Crippen MR) is 99.0 cm³/mol. The molecule has 1 saturated carbocycles. The van der Waals surface area contributed by atoms with Crippen LogP contribution in [0, 0.1) is 28.9 Å². The second-order valence-electron chi connectivity index (χ2n) is 6.81. The minimum absolute atomic E-state index is 0.0624. The van der Waals surface area contributed by atoms with E-state index in [0.29, 0.717) is 11.1 Å². The third-order valence-corrected chi connectivity index (χ3v) is 4.59. The number of ether oxygens (including phenoxy) is 1. The Labute approximate surface area is 156 Å². The number of rotatable bonds is 6. The molecule has 0 spiro atoms. The van der Waals surface area contributed by atoms with Gasteiger partial charge in [0.25, 0.3) is 11.6 Å². The Morgan fingerprint density at radius 3 is 2.48 bits per heavy atom. The first-order chi connectivity index (χ1) is 12.9. The summed E-state index contributed by atoms with van der Waals surface area (Å²) < 4.78 is 5.47. The first-order valence-corrected chi connectivity index (χ1v) is 8.68. The lowest BCUT2D eigenvalue weighted by Crippen LogP contribution is -2.27. The van der Waals surface area contributed by atoms with E-state index >= 15 is 0 Å². The van der Waals surface area contributed by atoms with E-state index < -0.39 is 22.9 Å². The number of nitro groups is 1. The third-order valence-electron chi connectivity index (χ3n) is 4.59. The molecule has 0 radical (unpaired) electrons. The summed E-state index contributed by atoms with van der Waals surface area (Å²) in [4.78, 5) is 35.8. The fraction of sp³-hybridized carbons (Fsp3) is 0.300. The number of carbonyl (C=O) groups excluding carboxylic acids is 2. The van der Waals surface area contributed by atoms with E-state index in [0.717, 1.165) is 6.42 Å². The largest absolute Gasteiger partial charge is 0.447 e. The van der Waals surface area contributed by atoms with Crippen molar-refractivity contribution in [2.75, 3.05) is 5.32 Å². The van der Waals surface area contributed by atoms with Crippen molar-refractivity contribution in [3.8, 4) is 0 Å². The molecule has 0 bridgehead atoms. The highest BCUT2D eigenvalue weighted by Gasteiger charge is 2.42. The Hall–Kier alpha value is -3.22. The van der Waals surface area contributed by atoms with Crippen LogP contribution in [-0.2, 0) is 14.3 Å². The van der Waals surface area contributed by atoms with Crippen molar-refractivity contribution in [2.24, 2.45) is 11.8 Å². The second-order valence-corrected chi connectivity index (χ2v) is 6.81. The van der Waals surface area contributed by atoms with Gasteiger partial charge < -0.3 is 10.1 Å². The molecule has 2 aromatic carbocycles. The number of amides is 1. The summed E-state index contributed by atoms with van der Waals surface area (Å²) in [5, 5.41) is 13.8. The van der Waals surface area contributed by atoms with Crippen LogP contribution in [0.2, 0.25) is 0 Å². The van der Waals surface area contributed by atoms with E-state index in [1.807, 2.05) is 6.92 Å². The highest BCUT2D eigenvalue weighted by atomic mass is 16.6. The lowest BCUT2D eigenvalue weighted by molar-refractivity contribution is -0.384. The number of anilines is 1. The Morgan fingerprint density at radius 2 is 1.89 bits per heavy atom. The van der Waals surface area contributed by atoms with Crippen LogP contribution >= 0.6 is 0 Å². The van der Waals surface area contributed by atoms with Crippen molar-refractivity contribution in [3.63, 3.8) is 0 Å². The van der Waals surface area contributed by atoms with Gasteiger partial charge in [-0.05, 0) is 30.9 Å². The molecule has 1 N–H and O–H groups in total. The highest BCUT2D eigenvalue weighted by Crippen LogP contribution is 2.40. The summed E-state index contributed by atoms with van der Waals surface area (Å²) in [6, 6.07) is 13.1. The number of hydrogen-bond acceptors (Lipinski definition) is 5. The number of benzene rings is 2. The van der Waals surface area contributed by atoms with Crippen LogP contribution in [0.15, 0.2) is 48.5 Å². The summed E-state index contributed by atoms with van der Waals surface area (Å²) >= 11 is 0. The number of nitro benzene ring substituents is 1. The summed E-state index contributed by atoms with van der Waals surface area (Å²) in [5.74, 6) is -1.01. The zero-order chi connectivity index (χ0) is 19.6. The first kappa shape index (κ1) is 18.6. The standard InChI is InChI=1S/C20H20N2O5/c1-12-8-9-16(17(10-12)22(25)26)21-19(23)18(14-6-4-3-5-7-14)27-20(24)15-11-13(15)2/h3-10,13,15,18H,11H2,1-2H3,(H,21,23)/t13-,15-,18-/m1/s1. The molecule has 1 amide bonds. The Bertz CT molecular complexity index is 881. The monoisotopic (exact) mass is 368 g/mol. The van der Waals surface area contributed by atoms with E-state index in [1.165, 1.54) is 12.1 Å². The molecule has 3 rings (SSSR count). The van der Waals surface area contributed by atoms with Crippen molar-refractivity contribution in [1.82, 2.24) is 0 Å². The number of nitrogens with one attached hydrogen (secondary N) is 1. The van der Waals surface area contributed by atoms with Gasteiger partial charge in [-0.3, -0.25) is 19.7 Å². The van der Waals surface area contributed by atoms with Crippen molar-refractivity contribution >= 4 is 23.3 Å². The van der Waals surface area contributed by atoms with Gasteiger partial charge in [-0.15, -0.1) is 0 Å². The van der Waals surface area contributed by atoms with Gasteiger partial charge in [0.2, 0.25) is 6.10 Å². The van der Waals surface area contributed by atoms with Crippen LogP contribution in [0.1, 0.15) is 30.6 Å². The molecule has 0 saturated heterocycles. The maximum Gasteiger partial charge on any atom is 0.310 e. The normalized spacial score (nSPS) is 19.0. The molecule has 27 heavy (non-hydrogen) atoms. The number of carbonyl (C=O) groups is 2.